The number of ether oxygens (including phenoxy) is 3. The first-order chi connectivity index (χ1) is 15.1. The summed E-state index contributed by atoms with van der Waals surface area (Å²) >= 11 is 0. The Morgan fingerprint density at radius 1 is 0.774 bits per heavy atom. The van der Waals surface area contributed by atoms with E-state index in [1.807, 2.05) is 37.3 Å². The first-order valence-corrected chi connectivity index (χ1v) is 10.3. The van der Waals surface area contributed by atoms with E-state index in [0.717, 1.165) is 18.6 Å². The highest BCUT2D eigenvalue weighted by molar-refractivity contribution is 5.89. The summed E-state index contributed by atoms with van der Waals surface area (Å²) in [6.45, 7) is 2.46. The van der Waals surface area contributed by atoms with Crippen LogP contribution in [-0.4, -0.2) is 25.2 Å². The zero-order valence-corrected chi connectivity index (χ0v) is 17.6. The molecule has 0 aromatic heterocycles. The van der Waals surface area contributed by atoms with Crippen LogP contribution in [-0.2, 0) is 16.0 Å². The van der Waals surface area contributed by atoms with Gasteiger partial charge in [0.2, 0.25) is 0 Å². The molecule has 0 aliphatic rings. The van der Waals surface area contributed by atoms with E-state index in [1.54, 1.807) is 24.3 Å². The Hall–Kier alpha value is -3.60. The highest BCUT2D eigenvalue weighted by Crippen LogP contribution is 2.15. The second-order valence-corrected chi connectivity index (χ2v) is 7.14. The van der Waals surface area contributed by atoms with E-state index >= 15 is 0 Å². The minimum absolute atomic E-state index is 0.144. The summed E-state index contributed by atoms with van der Waals surface area (Å²) < 4.78 is 16.0. The molecule has 0 saturated carbocycles. The zero-order chi connectivity index (χ0) is 21.9. The van der Waals surface area contributed by atoms with Gasteiger partial charge in [0.05, 0.1) is 5.56 Å². The Bertz CT molecular complexity index is 963. The molecule has 0 heterocycles. The molecule has 5 nitrogen and oxygen atoms in total. The number of para-hydroxylation sites is 1. The molecule has 0 unspecified atom stereocenters. The summed E-state index contributed by atoms with van der Waals surface area (Å²) in [7, 11) is 0. The summed E-state index contributed by atoms with van der Waals surface area (Å²) in [5.41, 5.74) is 2.81. The van der Waals surface area contributed by atoms with Crippen LogP contribution in [0.3, 0.4) is 0 Å². The third kappa shape index (κ3) is 7.63. The van der Waals surface area contributed by atoms with Gasteiger partial charge in [-0.05, 0) is 61.7 Å². The maximum absolute atomic E-state index is 12.1. The predicted molar refractivity (Wildman–Crippen MR) is 118 cm³/mol. The third-order valence-corrected chi connectivity index (χ3v) is 4.62. The van der Waals surface area contributed by atoms with Crippen LogP contribution in [0.4, 0.5) is 0 Å². The number of rotatable bonds is 10. The lowest BCUT2D eigenvalue weighted by Gasteiger charge is -2.08. The van der Waals surface area contributed by atoms with Crippen LogP contribution in [0.5, 0.6) is 11.5 Å². The van der Waals surface area contributed by atoms with Crippen molar-refractivity contribution in [3.05, 3.63) is 95.6 Å². The monoisotopic (exact) mass is 418 g/mol. The number of hydrogen-bond donors (Lipinski definition) is 0. The maximum atomic E-state index is 12.1. The lowest BCUT2D eigenvalue weighted by molar-refractivity contribution is -0.134. The lowest BCUT2D eigenvalue weighted by atomic mass is 10.1. The van der Waals surface area contributed by atoms with Crippen LogP contribution < -0.4 is 9.47 Å². The minimum atomic E-state index is -0.451. The second kappa shape index (κ2) is 11.6. The van der Waals surface area contributed by atoms with Crippen LogP contribution in [0.1, 0.15) is 34.3 Å². The number of esters is 2. The number of hydrogen-bond acceptors (Lipinski definition) is 5. The molecule has 5 heteroatoms. The summed E-state index contributed by atoms with van der Waals surface area (Å²) in [6, 6.07) is 24.0. The Labute approximate surface area is 182 Å². The number of carbonyl (C=O) groups is 2. The zero-order valence-electron chi connectivity index (χ0n) is 17.6. The Morgan fingerprint density at radius 2 is 1.48 bits per heavy atom. The van der Waals surface area contributed by atoms with E-state index < -0.39 is 5.97 Å². The topological polar surface area (TPSA) is 61.8 Å². The van der Waals surface area contributed by atoms with Crippen molar-refractivity contribution in [3.8, 4) is 11.5 Å². The van der Waals surface area contributed by atoms with Gasteiger partial charge in [-0.1, -0.05) is 48.0 Å². The summed E-state index contributed by atoms with van der Waals surface area (Å²) in [6.07, 6.45) is 1.88. The van der Waals surface area contributed by atoms with Gasteiger partial charge < -0.3 is 14.2 Å². The van der Waals surface area contributed by atoms with E-state index in [-0.39, 0.29) is 19.2 Å². The SMILES string of the molecule is Cc1ccc(CCCC(=O)Oc2ccc(C(=O)OCCOc3ccccc3)cc2)cc1. The van der Waals surface area contributed by atoms with Crippen LogP contribution in [0.25, 0.3) is 0 Å². The summed E-state index contributed by atoms with van der Waals surface area (Å²) in [4.78, 5) is 24.1. The number of benzene rings is 3. The fourth-order valence-corrected chi connectivity index (χ4v) is 2.93. The molecule has 0 bridgehead atoms. The minimum Gasteiger partial charge on any atom is -0.490 e. The molecule has 31 heavy (non-hydrogen) atoms. The van der Waals surface area contributed by atoms with Crippen molar-refractivity contribution in [3.63, 3.8) is 0 Å². The van der Waals surface area contributed by atoms with Crippen molar-refractivity contribution in [2.24, 2.45) is 0 Å². The van der Waals surface area contributed by atoms with Crippen LogP contribution in [0.15, 0.2) is 78.9 Å². The van der Waals surface area contributed by atoms with Crippen molar-refractivity contribution in [2.75, 3.05) is 13.2 Å². The molecule has 0 amide bonds. The van der Waals surface area contributed by atoms with Crippen molar-refractivity contribution < 1.29 is 23.8 Å². The fourth-order valence-electron chi connectivity index (χ4n) is 2.93. The highest BCUT2D eigenvalue weighted by Gasteiger charge is 2.09. The fraction of sp³-hybridized carbons (Fsp3) is 0.231. The Morgan fingerprint density at radius 3 is 2.19 bits per heavy atom. The molecule has 0 atom stereocenters. The normalized spacial score (nSPS) is 10.4. The maximum Gasteiger partial charge on any atom is 0.338 e. The molecule has 0 radical (unpaired) electrons. The molecule has 0 aliphatic carbocycles. The molecular weight excluding hydrogens is 392 g/mol. The molecule has 0 saturated heterocycles. The standard InChI is InChI=1S/C26H26O5/c1-20-10-12-21(13-11-20)6-5-9-25(27)31-24-16-14-22(15-17-24)26(28)30-19-18-29-23-7-3-2-4-8-23/h2-4,7-8,10-17H,5-6,9,18-19H2,1H3. The van der Waals surface area contributed by atoms with Crippen LogP contribution >= 0.6 is 0 Å². The van der Waals surface area contributed by atoms with E-state index in [1.165, 1.54) is 11.1 Å². The van der Waals surface area contributed by atoms with Crippen molar-refractivity contribution in [2.45, 2.75) is 26.2 Å². The van der Waals surface area contributed by atoms with Gasteiger partial charge in [-0.2, -0.15) is 0 Å². The second-order valence-electron chi connectivity index (χ2n) is 7.14. The number of carbonyl (C=O) groups excluding carboxylic acids is 2. The first kappa shape index (κ1) is 22.1. The largest absolute Gasteiger partial charge is 0.490 e. The van der Waals surface area contributed by atoms with Crippen molar-refractivity contribution in [1.82, 2.24) is 0 Å². The Kier molecular flexibility index (Phi) is 8.23. The van der Waals surface area contributed by atoms with Crippen molar-refractivity contribution in [1.29, 1.82) is 0 Å². The van der Waals surface area contributed by atoms with Gasteiger partial charge in [-0.3, -0.25) is 4.79 Å². The molecular formula is C26H26O5. The summed E-state index contributed by atoms with van der Waals surface area (Å²) in [5.74, 6) is 0.390. The highest BCUT2D eigenvalue weighted by atomic mass is 16.6. The molecule has 0 spiro atoms. The molecule has 3 rings (SSSR count). The molecule has 3 aromatic rings. The van der Waals surface area contributed by atoms with Gasteiger partial charge in [0.1, 0.15) is 24.7 Å². The first-order valence-electron chi connectivity index (χ1n) is 10.3. The van der Waals surface area contributed by atoms with Crippen LogP contribution in [0.2, 0.25) is 0 Å². The third-order valence-electron chi connectivity index (χ3n) is 4.62. The Balaban J connectivity index is 1.36. The van der Waals surface area contributed by atoms with Gasteiger partial charge in [0.25, 0.3) is 0 Å². The molecule has 0 fully saturated rings. The van der Waals surface area contributed by atoms with Gasteiger partial charge >= 0.3 is 11.9 Å². The van der Waals surface area contributed by atoms with E-state index in [4.69, 9.17) is 14.2 Å². The molecule has 0 N–H and O–H groups in total. The van der Waals surface area contributed by atoms with E-state index in [0.29, 0.717) is 17.7 Å². The lowest BCUT2D eigenvalue weighted by Crippen LogP contribution is -2.12. The molecule has 160 valence electrons. The van der Waals surface area contributed by atoms with E-state index in [2.05, 4.69) is 24.3 Å². The van der Waals surface area contributed by atoms with E-state index in [9.17, 15) is 9.59 Å². The average Bonchev–Trinajstić information content (AvgIpc) is 2.79. The predicted octanol–water partition coefficient (Wildman–Crippen LogP) is 5.16. The van der Waals surface area contributed by atoms with Crippen molar-refractivity contribution >= 4 is 11.9 Å². The molecule has 3 aromatic carbocycles. The van der Waals surface area contributed by atoms with Gasteiger partial charge in [0, 0.05) is 6.42 Å². The summed E-state index contributed by atoms with van der Waals surface area (Å²) in [5, 5.41) is 0. The average molecular weight is 418 g/mol. The molecule has 0 aliphatic heterocycles. The van der Waals surface area contributed by atoms with Gasteiger partial charge in [-0.15, -0.1) is 0 Å². The van der Waals surface area contributed by atoms with Crippen LogP contribution in [0, 0.1) is 6.92 Å². The quantitative estimate of drug-likeness (QED) is 0.259. The smallest absolute Gasteiger partial charge is 0.338 e. The number of aryl methyl sites for hydroxylation is 2. The van der Waals surface area contributed by atoms with Gasteiger partial charge in [0.15, 0.2) is 0 Å². The van der Waals surface area contributed by atoms with Gasteiger partial charge in [-0.25, -0.2) is 4.79 Å².